The van der Waals surface area contributed by atoms with Crippen LogP contribution in [-0.4, -0.2) is 73.4 Å². The lowest BCUT2D eigenvalue weighted by molar-refractivity contribution is -0.116. The Balaban J connectivity index is 1.07. The number of nitrogens with zero attached hydrogens (tertiary/aromatic N) is 3. The van der Waals surface area contributed by atoms with Gasteiger partial charge in [-0.25, -0.2) is 9.78 Å². The summed E-state index contributed by atoms with van der Waals surface area (Å²) in [5, 5.41) is 1.71. The second-order valence-corrected chi connectivity index (χ2v) is 12.5. The normalized spacial score (nSPS) is 18.5. The molecule has 0 atom stereocenters. The van der Waals surface area contributed by atoms with Crippen molar-refractivity contribution in [3.05, 3.63) is 88.7 Å². The summed E-state index contributed by atoms with van der Waals surface area (Å²) in [5.74, 6) is 0.632. The van der Waals surface area contributed by atoms with Gasteiger partial charge in [0, 0.05) is 66.5 Å². The first kappa shape index (κ1) is 28.9. The number of allylic oxidation sites excluding steroid dienone is 1. The van der Waals surface area contributed by atoms with E-state index in [0.29, 0.717) is 29.1 Å². The molecule has 2 aromatic heterocycles. The van der Waals surface area contributed by atoms with Gasteiger partial charge in [0.2, 0.25) is 0 Å². The van der Waals surface area contributed by atoms with Crippen LogP contribution in [-0.2, 0) is 9.47 Å². The number of esters is 1. The van der Waals surface area contributed by atoms with Crippen LogP contribution in [0.1, 0.15) is 42.1 Å². The molecule has 228 valence electrons. The fourth-order valence-corrected chi connectivity index (χ4v) is 6.76. The van der Waals surface area contributed by atoms with Crippen molar-refractivity contribution in [1.82, 2.24) is 14.9 Å². The van der Waals surface area contributed by atoms with Crippen molar-refractivity contribution < 1.29 is 19.0 Å². The van der Waals surface area contributed by atoms with Gasteiger partial charge in [0.25, 0.3) is 0 Å². The van der Waals surface area contributed by atoms with Crippen LogP contribution in [0.15, 0.2) is 72.6 Å². The van der Waals surface area contributed by atoms with Crippen LogP contribution < -0.4 is 9.64 Å². The van der Waals surface area contributed by atoms with E-state index >= 15 is 0 Å². The summed E-state index contributed by atoms with van der Waals surface area (Å²) in [4.78, 5) is 25.3. The largest absolute Gasteiger partial charge is 0.462 e. The number of halogens is 1. The minimum atomic E-state index is -0.401. The highest BCUT2D eigenvalue weighted by Gasteiger charge is 2.42. The number of ether oxygens (including phenoxy) is 3. The number of nitrogens with one attached hydrogen (secondary N) is 1. The first-order valence-corrected chi connectivity index (χ1v) is 15.8. The molecule has 2 saturated heterocycles. The Morgan fingerprint density at radius 1 is 1.07 bits per heavy atom. The predicted octanol–water partition coefficient (Wildman–Crippen LogP) is 6.96. The molecule has 1 N–H and O–H groups in total. The zero-order chi connectivity index (χ0) is 30.1. The number of hydrogen-bond acceptors (Lipinski definition) is 7. The summed E-state index contributed by atoms with van der Waals surface area (Å²) >= 11 is 6.22. The maximum absolute atomic E-state index is 12.8. The van der Waals surface area contributed by atoms with Gasteiger partial charge < -0.3 is 24.1 Å². The van der Waals surface area contributed by atoms with E-state index in [2.05, 4.69) is 31.9 Å². The molecule has 9 heteroatoms. The lowest BCUT2D eigenvalue weighted by Crippen LogP contribution is -2.48. The van der Waals surface area contributed by atoms with Crippen LogP contribution >= 0.6 is 11.6 Å². The van der Waals surface area contributed by atoms with Crippen molar-refractivity contribution in [1.29, 1.82) is 0 Å². The number of pyridine rings is 1. The second kappa shape index (κ2) is 12.3. The number of piperazine rings is 1. The number of benzene rings is 2. The average molecular weight is 613 g/mol. The maximum atomic E-state index is 12.8. The molecule has 1 aliphatic carbocycles. The van der Waals surface area contributed by atoms with Gasteiger partial charge >= 0.3 is 5.97 Å². The second-order valence-electron chi connectivity index (χ2n) is 12.1. The zero-order valence-electron chi connectivity index (χ0n) is 25.0. The van der Waals surface area contributed by atoms with Crippen LogP contribution in [0.5, 0.6) is 11.5 Å². The molecule has 0 bridgehead atoms. The molecule has 4 heterocycles. The van der Waals surface area contributed by atoms with Crippen molar-refractivity contribution in [3.8, 4) is 11.5 Å². The molecule has 3 aliphatic rings. The summed E-state index contributed by atoms with van der Waals surface area (Å²) in [7, 11) is 0. The maximum Gasteiger partial charge on any atom is 0.341 e. The number of aromatic nitrogens is 2. The number of aromatic amines is 1. The number of fused-ring (bicyclic) bond motifs is 1. The monoisotopic (exact) mass is 612 g/mol. The molecule has 2 fully saturated rings. The first-order valence-electron chi connectivity index (χ1n) is 15.4. The highest BCUT2D eigenvalue weighted by molar-refractivity contribution is 6.30. The van der Waals surface area contributed by atoms with Gasteiger partial charge in [-0.05, 0) is 73.7 Å². The van der Waals surface area contributed by atoms with E-state index in [0.717, 1.165) is 80.5 Å². The predicted molar refractivity (Wildman–Crippen MR) is 173 cm³/mol. The Morgan fingerprint density at radius 3 is 2.64 bits per heavy atom. The van der Waals surface area contributed by atoms with Crippen molar-refractivity contribution in [3.63, 3.8) is 0 Å². The zero-order valence-corrected chi connectivity index (χ0v) is 25.7. The van der Waals surface area contributed by atoms with E-state index in [-0.39, 0.29) is 0 Å². The molecule has 2 aliphatic heterocycles. The number of H-pyrrole nitrogens is 1. The molecular weight excluding hydrogens is 576 g/mol. The number of rotatable bonds is 8. The topological polar surface area (TPSA) is 79.9 Å². The van der Waals surface area contributed by atoms with Crippen molar-refractivity contribution in [2.45, 2.75) is 26.2 Å². The highest BCUT2D eigenvalue weighted by atomic mass is 35.5. The SMILES string of the molecule is CCOC(=O)c1ccc(N2CCN(CC3=C(c4ccc(Cl)cc4)CC4(CC3)COC4)CC2)cc1Oc1cnc2[nH]ccc2c1. The van der Waals surface area contributed by atoms with Gasteiger partial charge in [-0.3, -0.25) is 4.90 Å². The minimum Gasteiger partial charge on any atom is -0.462 e. The highest BCUT2D eigenvalue weighted by Crippen LogP contribution is 2.48. The number of carbonyl (C=O) groups is 1. The molecular formula is C35H37ClN4O4. The summed E-state index contributed by atoms with van der Waals surface area (Å²) in [6.45, 7) is 8.49. The summed E-state index contributed by atoms with van der Waals surface area (Å²) in [6.07, 6.45) is 6.89. The van der Waals surface area contributed by atoms with Crippen molar-refractivity contribution in [2.75, 3.05) is 57.4 Å². The molecule has 1 spiro atoms. The van der Waals surface area contributed by atoms with E-state index in [1.165, 1.54) is 17.6 Å². The fraction of sp³-hybridized carbons (Fsp3) is 0.371. The molecule has 0 unspecified atom stereocenters. The first-order chi connectivity index (χ1) is 21.5. The molecule has 4 aromatic rings. The van der Waals surface area contributed by atoms with E-state index in [9.17, 15) is 4.79 Å². The molecule has 0 saturated carbocycles. The van der Waals surface area contributed by atoms with Crippen LogP contribution in [0.4, 0.5) is 5.69 Å². The standard InChI is InChI=1S/C35H37ClN4O4/c1-2-43-34(41)30-8-7-28(18-32(30)44-29-17-25-10-12-37-33(25)38-20-29)40-15-13-39(14-16-40)21-26-9-11-35(22-42-23-35)19-31(26)24-3-5-27(36)6-4-24/h3-8,10,12,17-18,20H,2,9,11,13-16,19,21-23H2,1H3,(H,37,38). The number of hydrogen-bond donors (Lipinski definition) is 1. The molecule has 0 amide bonds. The quantitative estimate of drug-likeness (QED) is 0.215. The molecule has 8 nitrogen and oxygen atoms in total. The van der Waals surface area contributed by atoms with Gasteiger partial charge in [0.1, 0.15) is 22.7 Å². The number of anilines is 1. The Morgan fingerprint density at radius 2 is 1.89 bits per heavy atom. The van der Waals surface area contributed by atoms with E-state index in [1.54, 1.807) is 18.7 Å². The lowest BCUT2D eigenvalue weighted by Gasteiger charge is -2.46. The Hall–Kier alpha value is -3.85. The third kappa shape index (κ3) is 5.94. The van der Waals surface area contributed by atoms with Gasteiger partial charge in [-0.15, -0.1) is 0 Å². The Bertz CT molecular complexity index is 1690. The lowest BCUT2D eigenvalue weighted by atomic mass is 9.69. The molecule has 2 aromatic carbocycles. The van der Waals surface area contributed by atoms with Crippen LogP contribution in [0.3, 0.4) is 0 Å². The van der Waals surface area contributed by atoms with E-state index in [1.807, 2.05) is 48.7 Å². The van der Waals surface area contributed by atoms with Crippen LogP contribution in [0.25, 0.3) is 16.6 Å². The van der Waals surface area contributed by atoms with Gasteiger partial charge in [0.15, 0.2) is 0 Å². The third-order valence-corrected chi connectivity index (χ3v) is 9.41. The average Bonchev–Trinajstić information content (AvgIpc) is 3.50. The van der Waals surface area contributed by atoms with Crippen molar-refractivity contribution >= 4 is 39.9 Å². The summed E-state index contributed by atoms with van der Waals surface area (Å²) in [5.41, 5.74) is 6.81. The number of carbonyl (C=O) groups excluding carboxylic acids is 1. The Labute approximate surface area is 262 Å². The molecule has 7 rings (SSSR count). The van der Waals surface area contributed by atoms with E-state index < -0.39 is 5.97 Å². The Kier molecular flexibility index (Phi) is 8.06. The summed E-state index contributed by atoms with van der Waals surface area (Å²) < 4.78 is 17.2. The van der Waals surface area contributed by atoms with Crippen molar-refractivity contribution in [2.24, 2.45) is 5.41 Å². The molecule has 0 radical (unpaired) electrons. The van der Waals surface area contributed by atoms with Crippen LogP contribution in [0, 0.1) is 5.41 Å². The summed E-state index contributed by atoms with van der Waals surface area (Å²) in [6, 6.07) is 17.9. The minimum absolute atomic E-state index is 0.295. The fourth-order valence-electron chi connectivity index (χ4n) is 6.63. The third-order valence-electron chi connectivity index (χ3n) is 9.16. The van der Waals surface area contributed by atoms with E-state index in [4.69, 9.17) is 25.8 Å². The van der Waals surface area contributed by atoms with Gasteiger partial charge in [-0.1, -0.05) is 29.3 Å². The van der Waals surface area contributed by atoms with Gasteiger partial charge in [-0.2, -0.15) is 0 Å². The van der Waals surface area contributed by atoms with Crippen LogP contribution in [0.2, 0.25) is 5.02 Å². The molecule has 44 heavy (non-hydrogen) atoms. The smallest absolute Gasteiger partial charge is 0.341 e. The van der Waals surface area contributed by atoms with Gasteiger partial charge in [0.05, 0.1) is 26.0 Å².